The van der Waals surface area contributed by atoms with Crippen LogP contribution in [0.2, 0.25) is 0 Å². The normalized spacial score (nSPS) is 11.1. The van der Waals surface area contributed by atoms with Crippen LogP contribution in [0.1, 0.15) is 20.8 Å². The molecule has 0 unspecified atom stereocenters. The van der Waals surface area contributed by atoms with E-state index in [1.54, 1.807) is 18.7 Å². The molecule has 3 heteroatoms. The summed E-state index contributed by atoms with van der Waals surface area (Å²) >= 11 is 6.13. The molecule has 0 saturated heterocycles. The Labute approximate surface area is 89.5 Å². The third-order valence-electron chi connectivity index (χ3n) is 1.86. The number of rotatable bonds is 2. The van der Waals surface area contributed by atoms with E-state index >= 15 is 0 Å². The minimum atomic E-state index is -0.701. The predicted octanol–water partition coefficient (Wildman–Crippen LogP) is 3.01. The van der Waals surface area contributed by atoms with Crippen LogP contribution in [0.5, 0.6) is 0 Å². The van der Waals surface area contributed by atoms with Crippen molar-refractivity contribution in [3.8, 4) is 0 Å². The maximum absolute atomic E-state index is 11.4. The largest absolute Gasteiger partial charge is 0.294 e. The second-order valence-electron chi connectivity index (χ2n) is 3.60. The molecule has 0 aliphatic rings. The van der Waals surface area contributed by atoms with Crippen molar-refractivity contribution in [1.29, 1.82) is 0 Å². The Hall–Kier alpha value is -1.02. The van der Waals surface area contributed by atoms with Crippen LogP contribution in [0, 0.1) is 0 Å². The Morgan fingerprint density at radius 2 is 1.79 bits per heavy atom. The molecule has 14 heavy (non-hydrogen) atoms. The zero-order chi connectivity index (χ0) is 10.8. The summed E-state index contributed by atoms with van der Waals surface area (Å²) in [6.45, 7) is 5.10. The first-order chi connectivity index (χ1) is 6.43. The minimum Gasteiger partial charge on any atom is -0.294 e. The van der Waals surface area contributed by atoms with E-state index in [9.17, 15) is 4.79 Å². The molecule has 2 nitrogen and oxygen atoms in total. The van der Waals surface area contributed by atoms with Gasteiger partial charge >= 0.3 is 0 Å². The van der Waals surface area contributed by atoms with Crippen LogP contribution in [0.25, 0.3) is 0 Å². The molecule has 1 aromatic carbocycles. The molecule has 0 aliphatic carbocycles. The molecule has 1 rings (SSSR count). The number of benzene rings is 1. The monoisotopic (exact) mass is 211 g/mol. The number of alkyl halides is 1. The van der Waals surface area contributed by atoms with Crippen LogP contribution in [0.15, 0.2) is 30.3 Å². The first-order valence-electron chi connectivity index (χ1n) is 4.47. The molecular formula is C11H14ClNO. The van der Waals surface area contributed by atoms with Crippen molar-refractivity contribution in [2.45, 2.75) is 25.8 Å². The maximum atomic E-state index is 11.4. The molecule has 0 heterocycles. The van der Waals surface area contributed by atoms with Gasteiger partial charge in [-0.05, 0) is 26.0 Å². The standard InChI is InChI=1S/C11H14ClNO/c1-9(14)13(11(2,3)12)10-7-5-4-6-8-10/h4-8H,1-3H3. The lowest BCUT2D eigenvalue weighted by Crippen LogP contribution is -2.42. The second-order valence-corrected chi connectivity index (χ2v) is 4.52. The molecule has 0 spiro atoms. The van der Waals surface area contributed by atoms with Gasteiger partial charge in [0.2, 0.25) is 5.91 Å². The van der Waals surface area contributed by atoms with E-state index in [2.05, 4.69) is 0 Å². The van der Waals surface area contributed by atoms with E-state index in [1.165, 1.54) is 6.92 Å². The molecule has 0 aliphatic heterocycles. The minimum absolute atomic E-state index is 0.0591. The number of anilines is 1. The van der Waals surface area contributed by atoms with Crippen LogP contribution in [-0.2, 0) is 4.79 Å². The van der Waals surface area contributed by atoms with E-state index in [0.29, 0.717) is 0 Å². The predicted molar refractivity (Wildman–Crippen MR) is 59.5 cm³/mol. The van der Waals surface area contributed by atoms with Gasteiger partial charge in [0.05, 0.1) is 0 Å². The fourth-order valence-corrected chi connectivity index (χ4v) is 1.66. The Morgan fingerprint density at radius 3 is 2.14 bits per heavy atom. The van der Waals surface area contributed by atoms with Crippen molar-refractivity contribution in [3.63, 3.8) is 0 Å². The lowest BCUT2D eigenvalue weighted by Gasteiger charge is -2.32. The quantitative estimate of drug-likeness (QED) is 0.544. The number of amides is 1. The average Bonchev–Trinajstić information content (AvgIpc) is 2.02. The van der Waals surface area contributed by atoms with Crippen LogP contribution in [0.3, 0.4) is 0 Å². The van der Waals surface area contributed by atoms with Gasteiger partial charge in [-0.2, -0.15) is 0 Å². The van der Waals surface area contributed by atoms with Gasteiger partial charge in [0.15, 0.2) is 0 Å². The number of carbonyl (C=O) groups is 1. The van der Waals surface area contributed by atoms with Gasteiger partial charge in [-0.15, -0.1) is 0 Å². The summed E-state index contributed by atoms with van der Waals surface area (Å²) in [6.07, 6.45) is 0. The number of para-hydroxylation sites is 1. The second kappa shape index (κ2) is 4.01. The zero-order valence-electron chi connectivity index (χ0n) is 8.62. The van der Waals surface area contributed by atoms with Crippen molar-refractivity contribution in [1.82, 2.24) is 0 Å². The number of hydrogen-bond donors (Lipinski definition) is 0. The Kier molecular flexibility index (Phi) is 3.17. The summed E-state index contributed by atoms with van der Waals surface area (Å²) in [6, 6.07) is 9.40. The van der Waals surface area contributed by atoms with Gasteiger partial charge in [0, 0.05) is 12.6 Å². The first kappa shape index (κ1) is 11.1. The van der Waals surface area contributed by atoms with Gasteiger partial charge in [0.1, 0.15) is 5.00 Å². The van der Waals surface area contributed by atoms with Crippen LogP contribution in [0.4, 0.5) is 5.69 Å². The summed E-state index contributed by atoms with van der Waals surface area (Å²) in [7, 11) is 0. The van der Waals surface area contributed by atoms with E-state index in [0.717, 1.165) is 5.69 Å². The summed E-state index contributed by atoms with van der Waals surface area (Å²) in [5, 5.41) is 0. The maximum Gasteiger partial charge on any atom is 0.225 e. The summed E-state index contributed by atoms with van der Waals surface area (Å²) in [5.41, 5.74) is 0.819. The molecule has 76 valence electrons. The van der Waals surface area contributed by atoms with Gasteiger partial charge in [-0.3, -0.25) is 9.69 Å². The molecule has 1 amide bonds. The lowest BCUT2D eigenvalue weighted by atomic mass is 10.2. The Balaban J connectivity index is 3.08. The smallest absolute Gasteiger partial charge is 0.225 e. The van der Waals surface area contributed by atoms with Crippen molar-refractivity contribution in [2.24, 2.45) is 0 Å². The highest BCUT2D eigenvalue weighted by molar-refractivity contribution is 6.27. The van der Waals surface area contributed by atoms with Crippen molar-refractivity contribution in [2.75, 3.05) is 4.90 Å². The topological polar surface area (TPSA) is 20.3 Å². The summed E-state index contributed by atoms with van der Waals surface area (Å²) in [4.78, 5) is 12.3. The number of nitrogens with zero attached hydrogens (tertiary/aromatic N) is 1. The average molecular weight is 212 g/mol. The molecule has 0 N–H and O–H groups in total. The summed E-state index contributed by atoms with van der Waals surface area (Å²) in [5.74, 6) is -0.0591. The molecular weight excluding hydrogens is 198 g/mol. The van der Waals surface area contributed by atoms with E-state index in [-0.39, 0.29) is 5.91 Å². The van der Waals surface area contributed by atoms with E-state index in [4.69, 9.17) is 11.6 Å². The van der Waals surface area contributed by atoms with Crippen LogP contribution >= 0.6 is 11.6 Å². The summed E-state index contributed by atoms with van der Waals surface area (Å²) < 4.78 is 0. The fourth-order valence-electron chi connectivity index (χ4n) is 1.44. The number of carbonyl (C=O) groups excluding carboxylic acids is 1. The van der Waals surface area contributed by atoms with Crippen LogP contribution in [-0.4, -0.2) is 10.9 Å². The van der Waals surface area contributed by atoms with E-state index < -0.39 is 5.00 Å². The van der Waals surface area contributed by atoms with Crippen molar-refractivity contribution >= 4 is 23.2 Å². The third kappa shape index (κ3) is 2.48. The lowest BCUT2D eigenvalue weighted by molar-refractivity contribution is -0.117. The molecule has 0 fully saturated rings. The van der Waals surface area contributed by atoms with Crippen molar-refractivity contribution < 1.29 is 4.79 Å². The molecule has 0 radical (unpaired) electrons. The third-order valence-corrected chi connectivity index (χ3v) is 2.03. The highest BCUT2D eigenvalue weighted by Crippen LogP contribution is 2.26. The number of halogens is 1. The Morgan fingerprint density at radius 1 is 1.29 bits per heavy atom. The molecule has 1 aromatic rings. The van der Waals surface area contributed by atoms with Gasteiger partial charge in [-0.1, -0.05) is 29.8 Å². The molecule has 0 atom stereocenters. The van der Waals surface area contributed by atoms with Crippen molar-refractivity contribution in [3.05, 3.63) is 30.3 Å². The molecule has 0 saturated carbocycles. The molecule has 0 bridgehead atoms. The zero-order valence-corrected chi connectivity index (χ0v) is 9.38. The number of hydrogen-bond acceptors (Lipinski definition) is 1. The SMILES string of the molecule is CC(=O)N(c1ccccc1)C(C)(C)Cl. The van der Waals surface area contributed by atoms with Gasteiger partial charge in [0.25, 0.3) is 0 Å². The highest BCUT2D eigenvalue weighted by atomic mass is 35.5. The fraction of sp³-hybridized carbons (Fsp3) is 0.364. The first-order valence-corrected chi connectivity index (χ1v) is 4.85. The van der Waals surface area contributed by atoms with E-state index in [1.807, 2.05) is 30.3 Å². The Bertz CT molecular complexity index is 316. The molecule has 0 aromatic heterocycles. The highest BCUT2D eigenvalue weighted by Gasteiger charge is 2.27. The van der Waals surface area contributed by atoms with Gasteiger partial charge in [-0.25, -0.2) is 0 Å². The van der Waals surface area contributed by atoms with Gasteiger partial charge < -0.3 is 0 Å². The van der Waals surface area contributed by atoms with Crippen LogP contribution < -0.4 is 4.90 Å².